The van der Waals surface area contributed by atoms with Crippen LogP contribution in [0.4, 0.5) is 15.8 Å². The molecule has 0 radical (unpaired) electrons. The zero-order valence-corrected chi connectivity index (χ0v) is 16.7. The van der Waals surface area contributed by atoms with Crippen LogP contribution in [0.2, 0.25) is 5.02 Å². The Hall–Kier alpha value is -3.52. The summed E-state index contributed by atoms with van der Waals surface area (Å²) < 4.78 is 14.7. The lowest BCUT2D eigenvalue weighted by molar-refractivity contribution is -0.117. The molecule has 0 aliphatic carbocycles. The molecule has 30 heavy (non-hydrogen) atoms. The molecule has 2 N–H and O–H groups in total. The summed E-state index contributed by atoms with van der Waals surface area (Å²) in [6, 6.07) is 13.8. The van der Waals surface area contributed by atoms with Crippen LogP contribution in [-0.2, 0) is 16.1 Å². The van der Waals surface area contributed by atoms with Crippen molar-refractivity contribution in [3.05, 3.63) is 75.8 Å². The molecule has 0 aliphatic heterocycles. The Kier molecular flexibility index (Phi) is 6.58. The second-order valence-electron chi connectivity index (χ2n) is 6.34. The zero-order chi connectivity index (χ0) is 21.7. The van der Waals surface area contributed by atoms with Crippen LogP contribution in [-0.4, -0.2) is 21.6 Å². The zero-order valence-electron chi connectivity index (χ0n) is 16.0. The van der Waals surface area contributed by atoms with Gasteiger partial charge in [0.05, 0.1) is 11.4 Å². The third-order valence-electron chi connectivity index (χ3n) is 4.15. The first kappa shape index (κ1) is 21.2. The van der Waals surface area contributed by atoms with E-state index in [2.05, 4.69) is 15.7 Å². The quantitative estimate of drug-likeness (QED) is 0.626. The van der Waals surface area contributed by atoms with Crippen molar-refractivity contribution in [1.82, 2.24) is 9.78 Å². The van der Waals surface area contributed by atoms with E-state index in [1.54, 1.807) is 37.3 Å². The maximum Gasteiger partial charge on any atom is 0.291 e. The maximum absolute atomic E-state index is 13.8. The number of aromatic nitrogens is 2. The van der Waals surface area contributed by atoms with Crippen LogP contribution in [0.5, 0.6) is 0 Å². The second-order valence-corrected chi connectivity index (χ2v) is 6.78. The number of nitrogens with one attached hydrogen (secondary N) is 2. The van der Waals surface area contributed by atoms with E-state index in [0.29, 0.717) is 16.3 Å². The minimum atomic E-state index is -0.654. The molecule has 0 spiro atoms. The number of anilines is 2. The van der Waals surface area contributed by atoms with Gasteiger partial charge in [0.15, 0.2) is 0 Å². The van der Waals surface area contributed by atoms with Crippen LogP contribution < -0.4 is 16.2 Å². The summed E-state index contributed by atoms with van der Waals surface area (Å²) in [5.74, 6) is -1.60. The largest absolute Gasteiger partial charge is 0.322 e. The minimum absolute atomic E-state index is 0.0103. The molecular weight excluding hydrogens is 411 g/mol. The lowest BCUT2D eigenvalue weighted by Gasteiger charge is -2.12. The van der Waals surface area contributed by atoms with Crippen LogP contribution in [0.1, 0.15) is 13.3 Å². The summed E-state index contributed by atoms with van der Waals surface area (Å²) in [7, 11) is 0. The van der Waals surface area contributed by atoms with Crippen molar-refractivity contribution >= 4 is 34.8 Å². The van der Waals surface area contributed by atoms with Crippen molar-refractivity contribution in [2.45, 2.75) is 19.9 Å². The molecule has 0 bridgehead atoms. The van der Waals surface area contributed by atoms with Crippen molar-refractivity contribution in [3.8, 4) is 11.3 Å². The molecule has 0 atom stereocenters. The van der Waals surface area contributed by atoms with E-state index in [1.165, 1.54) is 24.3 Å². The fourth-order valence-corrected chi connectivity index (χ4v) is 2.75. The van der Waals surface area contributed by atoms with Gasteiger partial charge in [0.1, 0.15) is 18.0 Å². The first-order valence-electron chi connectivity index (χ1n) is 9.09. The molecule has 1 heterocycles. The molecule has 1 aromatic heterocycles. The van der Waals surface area contributed by atoms with Gasteiger partial charge in [-0.3, -0.25) is 14.4 Å². The molecule has 0 unspecified atom stereocenters. The topological polar surface area (TPSA) is 93.1 Å². The molecule has 0 saturated carbocycles. The van der Waals surface area contributed by atoms with Gasteiger partial charge in [-0.05, 0) is 30.3 Å². The first-order chi connectivity index (χ1) is 14.4. The van der Waals surface area contributed by atoms with Crippen LogP contribution in [0.15, 0.2) is 59.4 Å². The third kappa shape index (κ3) is 5.09. The van der Waals surface area contributed by atoms with Gasteiger partial charge in [0, 0.05) is 17.0 Å². The number of benzene rings is 2. The van der Waals surface area contributed by atoms with Gasteiger partial charge in [-0.15, -0.1) is 0 Å². The number of carbonyl (C=O) groups excluding carboxylic acids is 2. The molecule has 3 rings (SSSR count). The lowest BCUT2D eigenvalue weighted by Crippen LogP contribution is -2.32. The normalized spacial score (nSPS) is 10.5. The fourth-order valence-electron chi connectivity index (χ4n) is 2.63. The number of amides is 2. The molecule has 0 aliphatic rings. The highest BCUT2D eigenvalue weighted by atomic mass is 35.5. The van der Waals surface area contributed by atoms with Crippen LogP contribution >= 0.6 is 11.6 Å². The van der Waals surface area contributed by atoms with Gasteiger partial charge >= 0.3 is 0 Å². The summed E-state index contributed by atoms with van der Waals surface area (Å²) >= 11 is 5.92. The second kappa shape index (κ2) is 9.32. The van der Waals surface area contributed by atoms with E-state index in [4.69, 9.17) is 11.6 Å². The van der Waals surface area contributed by atoms with Gasteiger partial charge in [0.2, 0.25) is 11.8 Å². The van der Waals surface area contributed by atoms with Gasteiger partial charge in [-0.25, -0.2) is 9.07 Å². The highest BCUT2D eigenvalue weighted by molar-refractivity contribution is 6.30. The number of halogens is 2. The van der Waals surface area contributed by atoms with Gasteiger partial charge in [-0.2, -0.15) is 5.10 Å². The van der Waals surface area contributed by atoms with E-state index in [1.807, 2.05) is 0 Å². The summed E-state index contributed by atoms with van der Waals surface area (Å²) in [5, 5.41) is 9.68. The predicted molar refractivity (Wildman–Crippen MR) is 113 cm³/mol. The molecule has 7 nitrogen and oxygen atoms in total. The minimum Gasteiger partial charge on any atom is -0.322 e. The average Bonchev–Trinajstić information content (AvgIpc) is 2.73. The molecular formula is C21H18ClFN4O3. The molecule has 0 fully saturated rings. The first-order valence-corrected chi connectivity index (χ1v) is 9.47. The summed E-state index contributed by atoms with van der Waals surface area (Å²) in [5.41, 5.74) is 0.314. The van der Waals surface area contributed by atoms with Crippen molar-refractivity contribution < 1.29 is 14.0 Å². The predicted octanol–water partition coefficient (Wildman–Crippen LogP) is 3.69. The third-order valence-corrected chi connectivity index (χ3v) is 4.40. The molecule has 2 amide bonds. The van der Waals surface area contributed by atoms with E-state index in [0.717, 1.165) is 4.68 Å². The fraction of sp³-hybridized carbons (Fsp3) is 0.143. The Morgan fingerprint density at radius 2 is 1.70 bits per heavy atom. The van der Waals surface area contributed by atoms with Crippen LogP contribution in [0.3, 0.4) is 0 Å². The van der Waals surface area contributed by atoms with Crippen LogP contribution in [0, 0.1) is 5.82 Å². The van der Waals surface area contributed by atoms with Crippen LogP contribution in [0.25, 0.3) is 11.3 Å². The maximum atomic E-state index is 13.8. The standard InChI is InChI=1S/C21H18ClFN4O3/c1-2-19(28)25-18-11-17(13-7-9-14(22)10-8-13)26-27(21(18)30)12-20(29)24-16-6-4-3-5-15(16)23/h3-11H,2,12H2,1H3,(H,24,29)(H,25,28). The lowest BCUT2D eigenvalue weighted by atomic mass is 10.1. The monoisotopic (exact) mass is 428 g/mol. The summed E-state index contributed by atoms with van der Waals surface area (Å²) in [4.78, 5) is 36.9. The van der Waals surface area contributed by atoms with E-state index in [-0.39, 0.29) is 23.7 Å². The van der Waals surface area contributed by atoms with Gasteiger partial charge in [-0.1, -0.05) is 42.8 Å². The Bertz CT molecular complexity index is 1150. The highest BCUT2D eigenvalue weighted by Crippen LogP contribution is 2.21. The number of hydrogen-bond donors (Lipinski definition) is 2. The molecule has 0 saturated heterocycles. The Morgan fingerprint density at radius 1 is 1.03 bits per heavy atom. The van der Waals surface area contributed by atoms with E-state index >= 15 is 0 Å². The number of para-hydroxylation sites is 1. The van der Waals surface area contributed by atoms with E-state index < -0.39 is 23.8 Å². The van der Waals surface area contributed by atoms with E-state index in [9.17, 15) is 18.8 Å². The summed E-state index contributed by atoms with van der Waals surface area (Å²) in [6.07, 6.45) is 0.172. The molecule has 3 aromatic rings. The van der Waals surface area contributed by atoms with Gasteiger partial charge in [0.25, 0.3) is 5.56 Å². The molecule has 2 aromatic carbocycles. The number of nitrogens with zero attached hydrogens (tertiary/aromatic N) is 2. The van der Waals surface area contributed by atoms with Gasteiger partial charge < -0.3 is 10.6 Å². The van der Waals surface area contributed by atoms with Crippen molar-refractivity contribution in [1.29, 1.82) is 0 Å². The number of hydrogen-bond acceptors (Lipinski definition) is 4. The Labute approximate surface area is 176 Å². The number of rotatable bonds is 6. The number of carbonyl (C=O) groups is 2. The van der Waals surface area contributed by atoms with Crippen molar-refractivity contribution in [3.63, 3.8) is 0 Å². The smallest absolute Gasteiger partial charge is 0.291 e. The molecule has 9 heteroatoms. The summed E-state index contributed by atoms with van der Waals surface area (Å²) in [6.45, 7) is 1.18. The Balaban J connectivity index is 1.96. The van der Waals surface area contributed by atoms with Crippen molar-refractivity contribution in [2.24, 2.45) is 0 Å². The SMILES string of the molecule is CCC(=O)Nc1cc(-c2ccc(Cl)cc2)nn(CC(=O)Nc2ccccc2F)c1=O. The van der Waals surface area contributed by atoms with Crippen molar-refractivity contribution in [2.75, 3.05) is 10.6 Å². The highest BCUT2D eigenvalue weighted by Gasteiger charge is 2.15. The molecule has 154 valence electrons. The average molecular weight is 429 g/mol. The Morgan fingerprint density at radius 3 is 2.37 bits per heavy atom.